The van der Waals surface area contributed by atoms with Crippen LogP contribution in [0.25, 0.3) is 11.5 Å². The zero-order valence-electron chi connectivity index (χ0n) is 18.1. The number of anilines is 1. The Balaban J connectivity index is 1.64. The highest BCUT2D eigenvalue weighted by Crippen LogP contribution is 2.45. The molecule has 1 atom stereocenters. The Hall–Kier alpha value is -4.33. The molecule has 0 radical (unpaired) electrons. The van der Waals surface area contributed by atoms with Crippen LogP contribution in [0.1, 0.15) is 44.9 Å². The highest BCUT2D eigenvalue weighted by molar-refractivity contribution is 6.11. The van der Waals surface area contributed by atoms with Gasteiger partial charge in [0.25, 0.3) is 5.91 Å². The lowest BCUT2D eigenvalue weighted by atomic mass is 9.97. The molecule has 2 aromatic carbocycles. The fourth-order valence-corrected chi connectivity index (χ4v) is 4.12. The molecule has 0 aliphatic carbocycles. The van der Waals surface area contributed by atoms with Crippen molar-refractivity contribution in [2.24, 2.45) is 0 Å². The van der Waals surface area contributed by atoms with Crippen LogP contribution in [0.4, 0.5) is 5.69 Å². The zero-order valence-corrected chi connectivity index (χ0v) is 18.1. The molecule has 1 N–H and O–H groups in total. The van der Waals surface area contributed by atoms with Crippen molar-refractivity contribution >= 4 is 17.6 Å². The molecule has 33 heavy (non-hydrogen) atoms. The molecule has 3 heterocycles. The highest BCUT2D eigenvalue weighted by atomic mass is 16.5. The largest absolute Gasteiger partial charge is 0.497 e. The van der Waals surface area contributed by atoms with Gasteiger partial charge in [-0.2, -0.15) is 5.10 Å². The number of ether oxygens (including phenoxy) is 2. The Kier molecular flexibility index (Phi) is 5.18. The summed E-state index contributed by atoms with van der Waals surface area (Å²) in [6.07, 6.45) is 1.58. The van der Waals surface area contributed by atoms with E-state index in [-0.39, 0.29) is 5.91 Å². The topological polar surface area (TPSA) is 97.7 Å². The summed E-state index contributed by atoms with van der Waals surface area (Å²) in [6, 6.07) is 17.5. The molecule has 1 amide bonds. The molecule has 1 aliphatic rings. The van der Waals surface area contributed by atoms with E-state index in [1.54, 1.807) is 55.5 Å². The summed E-state index contributed by atoms with van der Waals surface area (Å²) < 4.78 is 16.1. The number of methoxy groups -OCH3 is 1. The molecule has 5 rings (SSSR count). The van der Waals surface area contributed by atoms with Crippen molar-refractivity contribution in [1.29, 1.82) is 0 Å². The minimum atomic E-state index is -0.477. The molecule has 0 saturated heterocycles. The summed E-state index contributed by atoms with van der Waals surface area (Å²) in [5.74, 6) is 0.600. The Bertz CT molecular complexity index is 1310. The van der Waals surface area contributed by atoms with Gasteiger partial charge in [0.15, 0.2) is 11.5 Å². The van der Waals surface area contributed by atoms with Gasteiger partial charge in [0.1, 0.15) is 11.4 Å². The Labute approximate surface area is 189 Å². The first-order valence-corrected chi connectivity index (χ1v) is 10.5. The van der Waals surface area contributed by atoms with Crippen molar-refractivity contribution in [2.45, 2.75) is 13.0 Å². The van der Waals surface area contributed by atoms with Crippen LogP contribution in [0.15, 0.2) is 71.3 Å². The molecule has 1 aliphatic heterocycles. The van der Waals surface area contributed by atoms with Gasteiger partial charge in [-0.05, 0) is 61.0 Å². The van der Waals surface area contributed by atoms with Gasteiger partial charge in [-0.3, -0.25) is 14.8 Å². The maximum atomic E-state index is 13.5. The molecule has 8 heteroatoms. The lowest BCUT2D eigenvalue weighted by Gasteiger charge is -2.26. The number of hydrogen-bond acceptors (Lipinski definition) is 6. The molecule has 166 valence electrons. The van der Waals surface area contributed by atoms with Gasteiger partial charge in [-0.15, -0.1) is 0 Å². The number of H-pyrrole nitrogens is 1. The molecule has 0 spiro atoms. The summed E-state index contributed by atoms with van der Waals surface area (Å²) in [5.41, 5.74) is 3.58. The van der Waals surface area contributed by atoms with Crippen molar-refractivity contribution in [3.05, 3.63) is 89.3 Å². The van der Waals surface area contributed by atoms with Crippen molar-refractivity contribution in [1.82, 2.24) is 10.2 Å². The number of fused-ring (bicyclic) bond motifs is 1. The van der Waals surface area contributed by atoms with Crippen LogP contribution < -0.4 is 9.64 Å². The third-order valence-corrected chi connectivity index (χ3v) is 5.59. The van der Waals surface area contributed by atoms with Gasteiger partial charge in [-0.25, -0.2) is 4.79 Å². The van der Waals surface area contributed by atoms with Crippen LogP contribution in [-0.2, 0) is 4.74 Å². The van der Waals surface area contributed by atoms with E-state index in [0.717, 1.165) is 11.1 Å². The quantitative estimate of drug-likeness (QED) is 0.437. The number of nitrogens with one attached hydrogen (secondary N) is 1. The summed E-state index contributed by atoms with van der Waals surface area (Å²) >= 11 is 0. The lowest BCUT2D eigenvalue weighted by molar-refractivity contribution is 0.0526. The van der Waals surface area contributed by atoms with Gasteiger partial charge in [-0.1, -0.05) is 12.1 Å². The van der Waals surface area contributed by atoms with Crippen LogP contribution in [0.3, 0.4) is 0 Å². The summed E-state index contributed by atoms with van der Waals surface area (Å²) in [5, 5.41) is 7.28. The number of aromatic amines is 1. The third-order valence-electron chi connectivity index (χ3n) is 5.59. The fraction of sp³-hybridized carbons (Fsp3) is 0.160. The number of rotatable bonds is 6. The number of aromatic nitrogens is 2. The number of nitrogens with zero attached hydrogens (tertiary/aromatic N) is 2. The number of furan rings is 1. The van der Waals surface area contributed by atoms with E-state index >= 15 is 0 Å². The molecule has 0 saturated carbocycles. The van der Waals surface area contributed by atoms with E-state index in [0.29, 0.717) is 40.8 Å². The normalized spacial score (nSPS) is 14.9. The molecular weight excluding hydrogens is 422 g/mol. The predicted octanol–water partition coefficient (Wildman–Crippen LogP) is 4.60. The average Bonchev–Trinajstić information content (AvgIpc) is 3.57. The van der Waals surface area contributed by atoms with E-state index in [9.17, 15) is 9.59 Å². The van der Waals surface area contributed by atoms with Crippen LogP contribution in [0.2, 0.25) is 0 Å². The Morgan fingerprint density at radius 3 is 2.67 bits per heavy atom. The first kappa shape index (κ1) is 20.6. The minimum absolute atomic E-state index is 0.254. The minimum Gasteiger partial charge on any atom is -0.497 e. The fourth-order valence-electron chi connectivity index (χ4n) is 4.12. The zero-order chi connectivity index (χ0) is 22.9. The van der Waals surface area contributed by atoms with Crippen LogP contribution in [-0.4, -0.2) is 35.8 Å². The van der Waals surface area contributed by atoms with Gasteiger partial charge >= 0.3 is 5.97 Å². The molecule has 8 nitrogen and oxygen atoms in total. The van der Waals surface area contributed by atoms with Crippen molar-refractivity contribution in [2.75, 3.05) is 18.6 Å². The van der Waals surface area contributed by atoms with Crippen LogP contribution in [0, 0.1) is 0 Å². The number of amides is 1. The second kappa shape index (κ2) is 8.31. The smallest absolute Gasteiger partial charge is 0.338 e. The predicted molar refractivity (Wildman–Crippen MR) is 120 cm³/mol. The number of esters is 1. The number of carbonyl (C=O) groups is 2. The molecule has 2 aromatic heterocycles. The monoisotopic (exact) mass is 443 g/mol. The van der Waals surface area contributed by atoms with E-state index < -0.39 is 12.0 Å². The van der Waals surface area contributed by atoms with Crippen LogP contribution >= 0.6 is 0 Å². The Morgan fingerprint density at radius 2 is 1.97 bits per heavy atom. The van der Waals surface area contributed by atoms with E-state index in [1.165, 1.54) is 0 Å². The summed E-state index contributed by atoms with van der Waals surface area (Å²) in [6.45, 7) is 2.05. The maximum absolute atomic E-state index is 13.5. The molecular formula is C25H21N3O5. The van der Waals surface area contributed by atoms with Crippen molar-refractivity contribution in [3.8, 4) is 17.2 Å². The van der Waals surface area contributed by atoms with Crippen molar-refractivity contribution in [3.63, 3.8) is 0 Å². The highest BCUT2D eigenvalue weighted by Gasteiger charge is 2.44. The lowest BCUT2D eigenvalue weighted by Crippen LogP contribution is -2.29. The van der Waals surface area contributed by atoms with E-state index in [2.05, 4.69) is 10.2 Å². The second-order valence-electron chi connectivity index (χ2n) is 7.46. The third kappa shape index (κ3) is 3.45. The SMILES string of the molecule is CCOC(=O)c1ccc(N2C(=O)c3n[nH]c(-c4ccco4)c3[C@@H]2c2cccc(OC)c2)cc1. The van der Waals surface area contributed by atoms with Gasteiger partial charge in [0.05, 0.1) is 31.6 Å². The molecule has 0 fully saturated rings. The van der Waals surface area contributed by atoms with E-state index in [4.69, 9.17) is 13.9 Å². The average molecular weight is 443 g/mol. The maximum Gasteiger partial charge on any atom is 0.338 e. The standard InChI is InChI=1S/C25H21N3O5/c1-3-32-25(30)15-9-11-17(12-10-15)28-23(16-6-4-7-18(14-16)31-2)20-21(19-8-5-13-33-19)26-27-22(20)24(28)29/h4-14,23H,3H2,1-2H3,(H,26,27)/t23-/m0/s1. The summed E-state index contributed by atoms with van der Waals surface area (Å²) in [4.78, 5) is 27.3. The number of hydrogen-bond donors (Lipinski definition) is 1. The first-order valence-electron chi connectivity index (χ1n) is 10.5. The van der Waals surface area contributed by atoms with Gasteiger partial charge in [0.2, 0.25) is 0 Å². The van der Waals surface area contributed by atoms with E-state index in [1.807, 2.05) is 30.3 Å². The molecule has 0 bridgehead atoms. The van der Waals surface area contributed by atoms with Crippen molar-refractivity contribution < 1.29 is 23.5 Å². The Morgan fingerprint density at radius 1 is 1.15 bits per heavy atom. The second-order valence-corrected chi connectivity index (χ2v) is 7.46. The van der Waals surface area contributed by atoms with Gasteiger partial charge in [0, 0.05) is 11.3 Å². The molecule has 0 unspecified atom stereocenters. The number of carbonyl (C=O) groups excluding carboxylic acids is 2. The van der Waals surface area contributed by atoms with Gasteiger partial charge < -0.3 is 13.9 Å². The summed E-state index contributed by atoms with van der Waals surface area (Å²) in [7, 11) is 1.60. The van der Waals surface area contributed by atoms with Crippen LogP contribution in [0.5, 0.6) is 5.75 Å². The number of benzene rings is 2. The molecule has 4 aromatic rings. The first-order chi connectivity index (χ1) is 16.1.